The van der Waals surface area contributed by atoms with Crippen LogP contribution in [0.25, 0.3) is 11.2 Å². The number of benzene rings is 1. The first-order valence-corrected chi connectivity index (χ1v) is 12.0. The number of aromatic nitrogens is 4. The standard InChI is InChI=1S/C24H32N8O/c1-30-20(13-25-12-16-6-7-16)29-22-23(30)26-14-27-24(22)31-10-8-17(9-11-31)32-15-28-21-18(32)4-3-5-19(21)33-2/h3-5,14,16-17,25,28H,6-13,15H2,1-2H3. The van der Waals surface area contributed by atoms with Gasteiger partial charge < -0.3 is 29.7 Å². The molecule has 1 saturated carbocycles. The average molecular weight is 449 g/mol. The quantitative estimate of drug-likeness (QED) is 0.571. The lowest BCUT2D eigenvalue weighted by Gasteiger charge is -2.38. The molecule has 33 heavy (non-hydrogen) atoms. The van der Waals surface area contributed by atoms with Crippen LogP contribution in [0.15, 0.2) is 24.5 Å². The molecule has 9 heteroatoms. The zero-order valence-corrected chi connectivity index (χ0v) is 19.4. The van der Waals surface area contributed by atoms with Crippen LogP contribution in [0, 0.1) is 5.92 Å². The monoisotopic (exact) mass is 448 g/mol. The first-order chi connectivity index (χ1) is 16.2. The second kappa shape index (κ2) is 8.37. The Morgan fingerprint density at radius 3 is 2.79 bits per heavy atom. The molecule has 0 spiro atoms. The largest absolute Gasteiger partial charge is 0.495 e. The number of hydrogen-bond acceptors (Lipinski definition) is 8. The number of rotatable bonds is 7. The molecule has 6 rings (SSSR count). The maximum absolute atomic E-state index is 5.53. The highest BCUT2D eigenvalue weighted by atomic mass is 16.5. The predicted octanol–water partition coefficient (Wildman–Crippen LogP) is 2.73. The smallest absolute Gasteiger partial charge is 0.165 e. The van der Waals surface area contributed by atoms with Crippen molar-refractivity contribution in [1.82, 2.24) is 24.8 Å². The highest BCUT2D eigenvalue weighted by Gasteiger charge is 2.32. The second-order valence-electron chi connectivity index (χ2n) is 9.41. The summed E-state index contributed by atoms with van der Waals surface area (Å²) in [5, 5.41) is 7.07. The van der Waals surface area contributed by atoms with Crippen LogP contribution >= 0.6 is 0 Å². The molecule has 9 nitrogen and oxygen atoms in total. The summed E-state index contributed by atoms with van der Waals surface area (Å²) < 4.78 is 7.64. The normalized spacial score (nSPS) is 18.6. The van der Waals surface area contributed by atoms with Crippen LogP contribution in [0.1, 0.15) is 31.5 Å². The third-order valence-corrected chi connectivity index (χ3v) is 7.31. The lowest BCUT2D eigenvalue weighted by Crippen LogP contribution is -2.45. The number of ether oxygens (including phenoxy) is 1. The topological polar surface area (TPSA) is 83.4 Å². The molecule has 0 amide bonds. The van der Waals surface area contributed by atoms with Gasteiger partial charge in [-0.15, -0.1) is 0 Å². The molecule has 2 fully saturated rings. The van der Waals surface area contributed by atoms with Gasteiger partial charge in [-0.1, -0.05) is 6.07 Å². The number of piperidine rings is 1. The lowest BCUT2D eigenvalue weighted by atomic mass is 10.0. The zero-order valence-electron chi connectivity index (χ0n) is 19.4. The van der Waals surface area contributed by atoms with Gasteiger partial charge in [0.1, 0.15) is 23.6 Å². The highest BCUT2D eigenvalue weighted by Crippen LogP contribution is 2.41. The van der Waals surface area contributed by atoms with Crippen molar-refractivity contribution in [3.63, 3.8) is 0 Å². The summed E-state index contributed by atoms with van der Waals surface area (Å²) in [5.74, 6) is 3.75. The van der Waals surface area contributed by atoms with Crippen molar-refractivity contribution in [3.8, 4) is 5.75 Å². The first kappa shape index (κ1) is 20.5. The van der Waals surface area contributed by atoms with E-state index >= 15 is 0 Å². The molecule has 4 heterocycles. The maximum atomic E-state index is 5.53. The molecular formula is C24H32N8O. The van der Waals surface area contributed by atoms with Crippen LogP contribution in [0.2, 0.25) is 0 Å². The van der Waals surface area contributed by atoms with Gasteiger partial charge in [0.15, 0.2) is 17.0 Å². The third kappa shape index (κ3) is 3.74. The van der Waals surface area contributed by atoms with Crippen molar-refractivity contribution in [2.24, 2.45) is 13.0 Å². The van der Waals surface area contributed by atoms with Gasteiger partial charge in [0.25, 0.3) is 0 Å². The number of methoxy groups -OCH3 is 1. The van der Waals surface area contributed by atoms with Crippen molar-refractivity contribution < 1.29 is 4.74 Å². The molecule has 2 aromatic heterocycles. The summed E-state index contributed by atoms with van der Waals surface area (Å²) >= 11 is 0. The van der Waals surface area contributed by atoms with Gasteiger partial charge in [-0.05, 0) is 50.3 Å². The summed E-state index contributed by atoms with van der Waals surface area (Å²) in [5.41, 5.74) is 4.18. The number of nitrogens with one attached hydrogen (secondary N) is 2. The van der Waals surface area contributed by atoms with Gasteiger partial charge in [0, 0.05) is 26.2 Å². The zero-order chi connectivity index (χ0) is 22.4. The fourth-order valence-electron chi connectivity index (χ4n) is 5.20. The van der Waals surface area contributed by atoms with Gasteiger partial charge in [-0.2, -0.15) is 0 Å². The van der Waals surface area contributed by atoms with E-state index in [-0.39, 0.29) is 0 Å². The minimum absolute atomic E-state index is 0.491. The van der Waals surface area contributed by atoms with Crippen molar-refractivity contribution in [3.05, 3.63) is 30.4 Å². The molecule has 3 aromatic rings. The van der Waals surface area contributed by atoms with Gasteiger partial charge >= 0.3 is 0 Å². The number of aryl methyl sites for hydroxylation is 1. The Kier molecular flexibility index (Phi) is 5.21. The van der Waals surface area contributed by atoms with Crippen LogP contribution in [-0.4, -0.2) is 59.0 Å². The van der Waals surface area contributed by atoms with Crippen molar-refractivity contribution >= 4 is 28.4 Å². The molecule has 3 aliphatic rings. The van der Waals surface area contributed by atoms with E-state index in [1.54, 1.807) is 13.4 Å². The van der Waals surface area contributed by atoms with Crippen molar-refractivity contribution in [2.75, 3.05) is 48.5 Å². The SMILES string of the molecule is COc1cccc2c1NCN2C1CCN(c2ncnc3c2nc(CNCC2CC2)n3C)CC1. The lowest BCUT2D eigenvalue weighted by molar-refractivity contribution is 0.417. The molecule has 1 saturated heterocycles. The minimum Gasteiger partial charge on any atom is -0.495 e. The summed E-state index contributed by atoms with van der Waals surface area (Å²) in [4.78, 5) is 19.0. The number of imidazole rings is 1. The van der Waals surface area contributed by atoms with Crippen molar-refractivity contribution in [2.45, 2.75) is 38.3 Å². The fourth-order valence-corrected chi connectivity index (χ4v) is 5.20. The summed E-state index contributed by atoms with van der Waals surface area (Å²) in [6.07, 6.45) is 6.54. The van der Waals surface area contributed by atoms with Gasteiger partial charge in [0.05, 0.1) is 26.0 Å². The van der Waals surface area contributed by atoms with Crippen molar-refractivity contribution in [1.29, 1.82) is 0 Å². The van der Waals surface area contributed by atoms with Crippen LogP contribution in [0.4, 0.5) is 17.2 Å². The number of fused-ring (bicyclic) bond motifs is 2. The Morgan fingerprint density at radius 2 is 2.00 bits per heavy atom. The van der Waals surface area contributed by atoms with Gasteiger partial charge in [-0.25, -0.2) is 15.0 Å². The number of para-hydroxylation sites is 1. The van der Waals surface area contributed by atoms with Crippen LogP contribution in [-0.2, 0) is 13.6 Å². The third-order valence-electron chi connectivity index (χ3n) is 7.31. The molecule has 2 aliphatic heterocycles. The van der Waals surface area contributed by atoms with E-state index in [1.165, 1.54) is 18.5 Å². The predicted molar refractivity (Wildman–Crippen MR) is 130 cm³/mol. The Labute approximate surface area is 194 Å². The fraction of sp³-hybridized carbons (Fsp3) is 0.542. The maximum Gasteiger partial charge on any atom is 0.165 e. The summed E-state index contributed by atoms with van der Waals surface area (Å²) in [7, 11) is 3.78. The van der Waals surface area contributed by atoms with E-state index in [1.807, 2.05) is 6.07 Å². The number of hydrogen-bond donors (Lipinski definition) is 2. The van der Waals surface area contributed by atoms with Crippen LogP contribution < -0.4 is 25.2 Å². The second-order valence-corrected chi connectivity index (χ2v) is 9.41. The molecular weight excluding hydrogens is 416 g/mol. The van der Waals surface area contributed by atoms with E-state index in [0.29, 0.717) is 6.04 Å². The van der Waals surface area contributed by atoms with E-state index in [9.17, 15) is 0 Å². The van der Waals surface area contributed by atoms with E-state index in [2.05, 4.69) is 54.1 Å². The Hall–Kier alpha value is -3.07. The minimum atomic E-state index is 0.491. The van der Waals surface area contributed by atoms with Gasteiger partial charge in [0.2, 0.25) is 0 Å². The number of anilines is 3. The van der Waals surface area contributed by atoms with Gasteiger partial charge in [-0.3, -0.25) is 0 Å². The molecule has 2 N–H and O–H groups in total. The molecule has 0 atom stereocenters. The molecule has 174 valence electrons. The Morgan fingerprint density at radius 1 is 1.15 bits per heavy atom. The molecule has 1 aromatic carbocycles. The molecule has 0 radical (unpaired) electrons. The molecule has 0 bridgehead atoms. The Balaban J connectivity index is 1.17. The first-order valence-electron chi connectivity index (χ1n) is 12.0. The van der Waals surface area contributed by atoms with Crippen LogP contribution in [0.3, 0.4) is 0 Å². The molecule has 1 aliphatic carbocycles. The highest BCUT2D eigenvalue weighted by molar-refractivity contribution is 5.84. The molecule has 0 unspecified atom stereocenters. The number of nitrogens with zero attached hydrogens (tertiary/aromatic N) is 6. The Bertz CT molecular complexity index is 1150. The van der Waals surface area contributed by atoms with E-state index < -0.39 is 0 Å². The summed E-state index contributed by atoms with van der Waals surface area (Å²) in [6, 6.07) is 6.76. The van der Waals surface area contributed by atoms with Crippen LogP contribution in [0.5, 0.6) is 5.75 Å². The average Bonchev–Trinajstić information content (AvgIpc) is 3.49. The summed E-state index contributed by atoms with van der Waals surface area (Å²) in [6.45, 7) is 4.59. The van der Waals surface area contributed by atoms with E-state index in [0.717, 1.165) is 85.9 Å². The van der Waals surface area contributed by atoms with E-state index in [4.69, 9.17) is 9.72 Å².